The first kappa shape index (κ1) is 18.5. The van der Waals surface area contributed by atoms with E-state index in [0.29, 0.717) is 5.41 Å². The number of hydrogen-bond donors (Lipinski definition) is 2. The number of aromatic nitrogens is 1. The van der Waals surface area contributed by atoms with Crippen LogP contribution in [0.5, 0.6) is 5.75 Å². The van der Waals surface area contributed by atoms with Crippen LogP contribution in [0.15, 0.2) is 30.5 Å². The van der Waals surface area contributed by atoms with Crippen molar-refractivity contribution >= 4 is 16.6 Å². The Kier molecular flexibility index (Phi) is 6.85. The van der Waals surface area contributed by atoms with Gasteiger partial charge in [0.25, 0.3) is 0 Å². The van der Waals surface area contributed by atoms with Gasteiger partial charge in [0.1, 0.15) is 5.75 Å². The van der Waals surface area contributed by atoms with Crippen molar-refractivity contribution in [2.45, 2.75) is 40.0 Å². The molecular weight excluding hydrogens is 298 g/mol. The van der Waals surface area contributed by atoms with Crippen molar-refractivity contribution in [3.05, 3.63) is 30.5 Å². The summed E-state index contributed by atoms with van der Waals surface area (Å²) in [5.74, 6) is 0.865. The lowest BCUT2D eigenvalue weighted by atomic mass is 9.97. The molecule has 0 aliphatic carbocycles. The first-order chi connectivity index (χ1) is 11.5. The molecule has 2 N–H and O–H groups in total. The molecule has 2 rings (SSSR count). The van der Waals surface area contributed by atoms with E-state index in [4.69, 9.17) is 4.74 Å². The standard InChI is InChI=1S/C20H31N3O/c1-20(2,3)15-21-10-6-5-7-11-22-18-14-17(24-4)13-16-9-8-12-23-19(16)18/h8-9,12-14,21-22H,5-7,10-11,15H2,1-4H3. The number of rotatable bonds is 9. The molecule has 0 bridgehead atoms. The number of benzene rings is 1. The van der Waals surface area contributed by atoms with Gasteiger partial charge in [0.05, 0.1) is 18.3 Å². The van der Waals surface area contributed by atoms with Gasteiger partial charge in [-0.05, 0) is 43.5 Å². The van der Waals surface area contributed by atoms with Gasteiger partial charge in [-0.2, -0.15) is 0 Å². The maximum Gasteiger partial charge on any atom is 0.121 e. The zero-order valence-corrected chi connectivity index (χ0v) is 15.5. The van der Waals surface area contributed by atoms with Crippen LogP contribution in [0.3, 0.4) is 0 Å². The lowest BCUT2D eigenvalue weighted by Crippen LogP contribution is -2.27. The molecule has 4 nitrogen and oxygen atoms in total. The third-order valence-electron chi connectivity index (χ3n) is 3.92. The van der Waals surface area contributed by atoms with E-state index in [0.717, 1.165) is 48.4 Å². The van der Waals surface area contributed by atoms with Gasteiger partial charge in [0.2, 0.25) is 0 Å². The highest BCUT2D eigenvalue weighted by Gasteiger charge is 2.08. The number of nitrogens with one attached hydrogen (secondary N) is 2. The van der Waals surface area contributed by atoms with Gasteiger partial charge < -0.3 is 15.4 Å². The molecule has 0 unspecified atom stereocenters. The second kappa shape index (κ2) is 8.88. The topological polar surface area (TPSA) is 46.2 Å². The molecule has 1 aromatic heterocycles. The number of methoxy groups -OCH3 is 1. The minimum atomic E-state index is 0.363. The van der Waals surface area contributed by atoms with Crippen molar-refractivity contribution in [1.82, 2.24) is 10.3 Å². The Balaban J connectivity index is 1.75. The van der Waals surface area contributed by atoms with E-state index in [-0.39, 0.29) is 0 Å². The second-order valence-electron chi connectivity index (χ2n) is 7.47. The summed E-state index contributed by atoms with van der Waals surface area (Å²) < 4.78 is 5.39. The summed E-state index contributed by atoms with van der Waals surface area (Å²) in [4.78, 5) is 4.49. The third kappa shape index (κ3) is 6.00. The summed E-state index contributed by atoms with van der Waals surface area (Å²) >= 11 is 0. The molecule has 0 saturated carbocycles. The fraction of sp³-hybridized carbons (Fsp3) is 0.550. The van der Waals surface area contributed by atoms with Crippen molar-refractivity contribution < 1.29 is 4.74 Å². The second-order valence-corrected chi connectivity index (χ2v) is 7.47. The van der Waals surface area contributed by atoms with E-state index in [1.165, 1.54) is 12.8 Å². The number of pyridine rings is 1. The van der Waals surface area contributed by atoms with Gasteiger partial charge in [-0.15, -0.1) is 0 Å². The first-order valence-corrected chi connectivity index (χ1v) is 8.87. The van der Waals surface area contributed by atoms with Crippen LogP contribution in [0, 0.1) is 5.41 Å². The Bertz CT molecular complexity index is 634. The van der Waals surface area contributed by atoms with Gasteiger partial charge in [0, 0.05) is 24.2 Å². The van der Waals surface area contributed by atoms with Crippen molar-refractivity contribution in [2.75, 3.05) is 32.1 Å². The molecule has 0 atom stereocenters. The molecule has 132 valence electrons. The van der Waals surface area contributed by atoms with Gasteiger partial charge >= 0.3 is 0 Å². The van der Waals surface area contributed by atoms with E-state index in [9.17, 15) is 0 Å². The van der Waals surface area contributed by atoms with Crippen LogP contribution in [0.1, 0.15) is 40.0 Å². The zero-order valence-electron chi connectivity index (χ0n) is 15.5. The van der Waals surface area contributed by atoms with Crippen LogP contribution in [0.2, 0.25) is 0 Å². The molecular formula is C20H31N3O. The van der Waals surface area contributed by atoms with Crippen LogP contribution < -0.4 is 15.4 Å². The number of hydrogen-bond acceptors (Lipinski definition) is 4. The van der Waals surface area contributed by atoms with Gasteiger partial charge in [-0.3, -0.25) is 4.98 Å². The Hall–Kier alpha value is -1.81. The SMILES string of the molecule is COc1cc(NCCCCCNCC(C)(C)C)c2ncccc2c1. The molecule has 0 spiro atoms. The summed E-state index contributed by atoms with van der Waals surface area (Å²) in [7, 11) is 1.70. The molecule has 0 saturated heterocycles. The van der Waals surface area contributed by atoms with Crippen LogP contribution >= 0.6 is 0 Å². The lowest BCUT2D eigenvalue weighted by Gasteiger charge is -2.18. The third-order valence-corrected chi connectivity index (χ3v) is 3.92. The lowest BCUT2D eigenvalue weighted by molar-refractivity contribution is 0.378. The molecule has 0 aliphatic heterocycles. The van der Waals surface area contributed by atoms with E-state index in [1.807, 2.05) is 24.4 Å². The Morgan fingerprint density at radius 3 is 2.62 bits per heavy atom. The van der Waals surface area contributed by atoms with Crippen molar-refractivity contribution in [3.8, 4) is 5.75 Å². The number of fused-ring (bicyclic) bond motifs is 1. The molecule has 4 heteroatoms. The molecule has 0 fully saturated rings. The number of ether oxygens (including phenoxy) is 1. The highest BCUT2D eigenvalue weighted by atomic mass is 16.5. The normalized spacial score (nSPS) is 11.7. The molecule has 0 radical (unpaired) electrons. The molecule has 1 aromatic carbocycles. The number of unbranched alkanes of at least 4 members (excludes halogenated alkanes) is 2. The fourth-order valence-electron chi connectivity index (χ4n) is 2.66. The van der Waals surface area contributed by atoms with Gasteiger partial charge in [-0.25, -0.2) is 0 Å². The van der Waals surface area contributed by atoms with E-state index >= 15 is 0 Å². The van der Waals surface area contributed by atoms with E-state index in [2.05, 4.69) is 42.5 Å². The monoisotopic (exact) mass is 329 g/mol. The molecule has 0 aliphatic rings. The summed E-state index contributed by atoms with van der Waals surface area (Å²) in [6.45, 7) is 9.91. The van der Waals surface area contributed by atoms with Crippen molar-refractivity contribution in [1.29, 1.82) is 0 Å². The summed E-state index contributed by atoms with van der Waals surface area (Å²) in [6, 6.07) is 8.07. The van der Waals surface area contributed by atoms with E-state index in [1.54, 1.807) is 7.11 Å². The Morgan fingerprint density at radius 2 is 1.88 bits per heavy atom. The summed E-state index contributed by atoms with van der Waals surface area (Å²) in [5.41, 5.74) is 2.42. The molecule has 1 heterocycles. The summed E-state index contributed by atoms with van der Waals surface area (Å²) in [5, 5.41) is 8.14. The minimum Gasteiger partial charge on any atom is -0.497 e. The average molecular weight is 329 g/mol. The van der Waals surface area contributed by atoms with E-state index < -0.39 is 0 Å². The van der Waals surface area contributed by atoms with Crippen LogP contribution in [0.4, 0.5) is 5.69 Å². The number of nitrogens with zero attached hydrogens (tertiary/aromatic N) is 1. The quantitative estimate of drug-likeness (QED) is 0.667. The predicted octanol–water partition coefficient (Wildman–Crippen LogP) is 4.46. The molecule has 0 amide bonds. The van der Waals surface area contributed by atoms with Gasteiger partial charge in [-0.1, -0.05) is 33.3 Å². The van der Waals surface area contributed by atoms with Crippen molar-refractivity contribution in [3.63, 3.8) is 0 Å². The minimum absolute atomic E-state index is 0.363. The largest absolute Gasteiger partial charge is 0.497 e. The maximum absolute atomic E-state index is 5.39. The fourth-order valence-corrected chi connectivity index (χ4v) is 2.66. The average Bonchev–Trinajstić information content (AvgIpc) is 2.55. The summed E-state index contributed by atoms with van der Waals surface area (Å²) in [6.07, 6.45) is 5.43. The number of anilines is 1. The Labute approximate surface area is 146 Å². The Morgan fingerprint density at radius 1 is 1.08 bits per heavy atom. The van der Waals surface area contributed by atoms with Crippen LogP contribution in [0.25, 0.3) is 10.9 Å². The highest BCUT2D eigenvalue weighted by Crippen LogP contribution is 2.27. The van der Waals surface area contributed by atoms with Crippen LogP contribution in [-0.4, -0.2) is 31.7 Å². The van der Waals surface area contributed by atoms with Crippen molar-refractivity contribution in [2.24, 2.45) is 5.41 Å². The maximum atomic E-state index is 5.39. The highest BCUT2D eigenvalue weighted by molar-refractivity contribution is 5.91. The molecule has 24 heavy (non-hydrogen) atoms. The molecule has 2 aromatic rings. The smallest absolute Gasteiger partial charge is 0.121 e. The zero-order chi connectivity index (χ0) is 17.4. The first-order valence-electron chi connectivity index (χ1n) is 8.87. The van der Waals surface area contributed by atoms with Gasteiger partial charge in [0.15, 0.2) is 0 Å². The predicted molar refractivity (Wildman–Crippen MR) is 103 cm³/mol. The van der Waals surface area contributed by atoms with Crippen LogP contribution in [-0.2, 0) is 0 Å².